The van der Waals surface area contributed by atoms with E-state index in [0.29, 0.717) is 18.0 Å². The van der Waals surface area contributed by atoms with E-state index in [9.17, 15) is 9.59 Å². The highest BCUT2D eigenvalue weighted by molar-refractivity contribution is 7.14. The van der Waals surface area contributed by atoms with Gasteiger partial charge in [-0.05, 0) is 60.9 Å². The number of benzene rings is 1. The van der Waals surface area contributed by atoms with E-state index in [1.807, 2.05) is 12.1 Å². The van der Waals surface area contributed by atoms with Crippen LogP contribution in [-0.2, 0) is 24.0 Å². The van der Waals surface area contributed by atoms with Crippen molar-refractivity contribution in [2.45, 2.75) is 32.6 Å². The van der Waals surface area contributed by atoms with Gasteiger partial charge in [0.05, 0.1) is 17.6 Å². The van der Waals surface area contributed by atoms with Crippen molar-refractivity contribution < 1.29 is 14.3 Å². The van der Waals surface area contributed by atoms with Gasteiger partial charge in [-0.25, -0.2) is 4.79 Å². The summed E-state index contributed by atoms with van der Waals surface area (Å²) in [6.45, 7) is 2.85. The summed E-state index contributed by atoms with van der Waals surface area (Å²) in [5.41, 5.74) is 2.97. The van der Waals surface area contributed by atoms with Crippen LogP contribution in [0.4, 0.5) is 0 Å². The summed E-state index contributed by atoms with van der Waals surface area (Å²) in [6.07, 6.45) is 4.14. The average Bonchev–Trinajstić information content (AvgIpc) is 3.04. The number of carbonyl (C=O) groups excluding carboxylic acids is 2. The van der Waals surface area contributed by atoms with Crippen molar-refractivity contribution in [1.29, 1.82) is 0 Å². The summed E-state index contributed by atoms with van der Waals surface area (Å²) >= 11 is 1.64. The summed E-state index contributed by atoms with van der Waals surface area (Å²) in [5, 5.41) is 3.00. The Labute approximate surface area is 152 Å². The second-order valence-corrected chi connectivity index (χ2v) is 7.74. The monoisotopic (exact) mass is 357 g/mol. The van der Waals surface area contributed by atoms with Crippen LogP contribution in [0.3, 0.4) is 0 Å². The Morgan fingerprint density at radius 1 is 1.28 bits per heavy atom. The van der Waals surface area contributed by atoms with Crippen molar-refractivity contribution >= 4 is 23.2 Å². The van der Waals surface area contributed by atoms with Crippen LogP contribution in [0.25, 0.3) is 0 Å². The van der Waals surface area contributed by atoms with Crippen LogP contribution in [0.5, 0.6) is 0 Å². The molecule has 0 fully saturated rings. The summed E-state index contributed by atoms with van der Waals surface area (Å²) in [5.74, 6) is 0.389. The first kappa shape index (κ1) is 17.7. The van der Waals surface area contributed by atoms with Gasteiger partial charge in [-0.15, -0.1) is 11.3 Å². The average molecular weight is 357 g/mol. The van der Waals surface area contributed by atoms with Gasteiger partial charge in [0.2, 0.25) is 0 Å². The van der Waals surface area contributed by atoms with Crippen LogP contribution < -0.4 is 5.32 Å². The second kappa shape index (κ2) is 7.83. The number of hydrogen-bond acceptors (Lipinski definition) is 4. The summed E-state index contributed by atoms with van der Waals surface area (Å²) in [7, 11) is 1.37. The minimum atomic E-state index is -0.337. The lowest BCUT2D eigenvalue weighted by molar-refractivity contribution is 0.0600. The number of nitrogens with one attached hydrogen (secondary N) is 1. The van der Waals surface area contributed by atoms with E-state index >= 15 is 0 Å². The number of amides is 1. The Kier molecular flexibility index (Phi) is 5.53. The van der Waals surface area contributed by atoms with Crippen molar-refractivity contribution in [2.24, 2.45) is 5.92 Å². The molecule has 1 aromatic carbocycles. The molecule has 1 aliphatic carbocycles. The number of rotatable bonds is 5. The number of methoxy groups -OCH3 is 1. The van der Waals surface area contributed by atoms with Gasteiger partial charge in [0.1, 0.15) is 0 Å². The number of fused-ring (bicyclic) bond motifs is 1. The first-order valence-corrected chi connectivity index (χ1v) is 9.45. The minimum Gasteiger partial charge on any atom is -0.465 e. The van der Waals surface area contributed by atoms with Crippen LogP contribution in [-0.4, -0.2) is 25.5 Å². The van der Waals surface area contributed by atoms with Gasteiger partial charge in [0, 0.05) is 11.4 Å². The standard InChI is InChI=1S/C20H23NO3S/c1-13-3-8-17-16(11-13)12-18(25-17)19(22)21-10-9-14-4-6-15(7-5-14)20(23)24-2/h4-7,12-13H,3,8-11H2,1-2H3,(H,21,22). The van der Waals surface area contributed by atoms with Gasteiger partial charge in [-0.1, -0.05) is 19.1 Å². The molecule has 2 aromatic rings. The molecule has 1 aliphatic rings. The molecule has 25 heavy (non-hydrogen) atoms. The van der Waals surface area contributed by atoms with Crippen LogP contribution in [0.2, 0.25) is 0 Å². The topological polar surface area (TPSA) is 55.4 Å². The maximum Gasteiger partial charge on any atom is 0.337 e. The number of thiophene rings is 1. The van der Waals surface area contributed by atoms with E-state index in [-0.39, 0.29) is 11.9 Å². The van der Waals surface area contributed by atoms with Crippen molar-refractivity contribution in [3.05, 3.63) is 56.8 Å². The first-order valence-electron chi connectivity index (χ1n) is 8.64. The quantitative estimate of drug-likeness (QED) is 0.832. The Hall–Kier alpha value is -2.14. The smallest absolute Gasteiger partial charge is 0.337 e. The predicted octanol–water partition coefficient (Wildman–Crippen LogP) is 3.63. The number of carbonyl (C=O) groups is 2. The molecule has 132 valence electrons. The molecule has 1 amide bonds. The van der Waals surface area contributed by atoms with E-state index in [0.717, 1.165) is 29.7 Å². The number of ether oxygens (including phenoxy) is 1. The molecule has 5 heteroatoms. The minimum absolute atomic E-state index is 0.0123. The second-order valence-electron chi connectivity index (χ2n) is 6.60. The third kappa shape index (κ3) is 4.28. The van der Waals surface area contributed by atoms with Gasteiger partial charge in [0.15, 0.2) is 0 Å². The number of esters is 1. The zero-order valence-corrected chi connectivity index (χ0v) is 15.4. The van der Waals surface area contributed by atoms with Crippen molar-refractivity contribution in [3.63, 3.8) is 0 Å². The molecule has 1 heterocycles. The summed E-state index contributed by atoms with van der Waals surface area (Å²) in [6, 6.07) is 9.35. The van der Waals surface area contributed by atoms with Gasteiger partial charge < -0.3 is 10.1 Å². The molecule has 1 unspecified atom stereocenters. The molecule has 0 bridgehead atoms. The molecule has 0 spiro atoms. The molecule has 1 atom stereocenters. The van der Waals surface area contributed by atoms with Gasteiger partial charge in [-0.3, -0.25) is 4.79 Å². The molecule has 0 saturated heterocycles. The maximum absolute atomic E-state index is 12.4. The SMILES string of the molecule is COC(=O)c1ccc(CCNC(=O)c2cc3c(s2)CCC(C)C3)cc1. The van der Waals surface area contributed by atoms with Gasteiger partial charge in [-0.2, -0.15) is 0 Å². The van der Waals surface area contributed by atoms with Crippen LogP contribution in [0, 0.1) is 5.92 Å². The zero-order valence-electron chi connectivity index (χ0n) is 14.6. The Balaban J connectivity index is 1.52. The molecule has 0 radical (unpaired) electrons. The third-order valence-corrected chi connectivity index (χ3v) is 5.86. The Morgan fingerprint density at radius 3 is 2.76 bits per heavy atom. The Bertz CT molecular complexity index is 764. The molecule has 0 saturated carbocycles. The fraction of sp³-hybridized carbons (Fsp3) is 0.400. The lowest BCUT2D eigenvalue weighted by Crippen LogP contribution is -2.24. The van der Waals surface area contributed by atoms with Crippen molar-refractivity contribution in [1.82, 2.24) is 5.32 Å². The largest absolute Gasteiger partial charge is 0.465 e. The van der Waals surface area contributed by atoms with Gasteiger partial charge >= 0.3 is 5.97 Å². The lowest BCUT2D eigenvalue weighted by atomic mass is 9.90. The molecular weight excluding hydrogens is 334 g/mol. The number of aryl methyl sites for hydroxylation is 1. The van der Waals surface area contributed by atoms with E-state index < -0.39 is 0 Å². The van der Waals surface area contributed by atoms with E-state index in [4.69, 9.17) is 0 Å². The lowest BCUT2D eigenvalue weighted by Gasteiger charge is -2.16. The summed E-state index contributed by atoms with van der Waals surface area (Å²) in [4.78, 5) is 26.0. The van der Waals surface area contributed by atoms with E-state index in [1.54, 1.807) is 23.5 Å². The maximum atomic E-state index is 12.4. The van der Waals surface area contributed by atoms with Crippen molar-refractivity contribution in [3.8, 4) is 0 Å². The third-order valence-electron chi connectivity index (χ3n) is 4.63. The predicted molar refractivity (Wildman–Crippen MR) is 99.3 cm³/mol. The number of hydrogen-bond donors (Lipinski definition) is 1. The van der Waals surface area contributed by atoms with Crippen molar-refractivity contribution in [2.75, 3.05) is 13.7 Å². The highest BCUT2D eigenvalue weighted by Crippen LogP contribution is 2.32. The normalized spacial score (nSPS) is 16.2. The molecule has 4 nitrogen and oxygen atoms in total. The highest BCUT2D eigenvalue weighted by atomic mass is 32.1. The molecular formula is C20H23NO3S. The fourth-order valence-electron chi connectivity index (χ4n) is 3.15. The zero-order chi connectivity index (χ0) is 17.8. The molecule has 1 aromatic heterocycles. The van der Waals surface area contributed by atoms with Gasteiger partial charge in [0.25, 0.3) is 5.91 Å². The molecule has 1 N–H and O–H groups in total. The first-order chi connectivity index (χ1) is 12.1. The molecule has 0 aliphatic heterocycles. The summed E-state index contributed by atoms with van der Waals surface area (Å²) < 4.78 is 4.68. The fourth-order valence-corrected chi connectivity index (χ4v) is 4.28. The molecule has 3 rings (SSSR count). The highest BCUT2D eigenvalue weighted by Gasteiger charge is 2.20. The van der Waals surface area contributed by atoms with E-state index in [2.05, 4.69) is 23.0 Å². The van der Waals surface area contributed by atoms with Crippen LogP contribution in [0.15, 0.2) is 30.3 Å². The van der Waals surface area contributed by atoms with Crippen LogP contribution >= 0.6 is 11.3 Å². The van der Waals surface area contributed by atoms with Crippen LogP contribution in [0.1, 0.15) is 49.4 Å². The van der Waals surface area contributed by atoms with E-state index in [1.165, 1.54) is 24.0 Å². The Morgan fingerprint density at radius 2 is 2.04 bits per heavy atom.